The molecule has 0 unspecified atom stereocenters. The summed E-state index contributed by atoms with van der Waals surface area (Å²) < 4.78 is 5.61. The van der Waals surface area contributed by atoms with Crippen molar-refractivity contribution in [3.8, 4) is 0 Å². The number of amides is 1. The van der Waals surface area contributed by atoms with Crippen molar-refractivity contribution in [2.24, 2.45) is 5.92 Å². The van der Waals surface area contributed by atoms with Gasteiger partial charge in [-0.3, -0.25) is 4.79 Å². The Morgan fingerprint density at radius 1 is 1.52 bits per heavy atom. The molecule has 1 atom stereocenters. The number of hydrogen-bond acceptors (Lipinski definition) is 5. The van der Waals surface area contributed by atoms with Gasteiger partial charge in [0.2, 0.25) is 5.91 Å². The van der Waals surface area contributed by atoms with Gasteiger partial charge in [0.1, 0.15) is 0 Å². The molecule has 2 heterocycles. The summed E-state index contributed by atoms with van der Waals surface area (Å²) in [5, 5.41) is 0.891. The van der Waals surface area contributed by atoms with Gasteiger partial charge in [0.15, 0.2) is 0 Å². The highest BCUT2D eigenvalue weighted by atomic mass is 32.2. The Morgan fingerprint density at radius 3 is 3.10 bits per heavy atom. The third-order valence-electron chi connectivity index (χ3n) is 3.30. The minimum absolute atomic E-state index is 0.167. The number of pyridine rings is 1. The molecule has 0 aliphatic carbocycles. The number of carbonyl (C=O) groups excluding carboxylic acids is 1. The topological polar surface area (TPSA) is 45.7 Å². The monoisotopic (exact) mass is 309 g/mol. The number of ether oxygens (including phenoxy) is 1. The van der Waals surface area contributed by atoms with E-state index in [0.717, 1.165) is 24.7 Å². The van der Waals surface area contributed by atoms with Crippen LogP contribution in [0.3, 0.4) is 0 Å². The van der Waals surface area contributed by atoms with Crippen LogP contribution in [0.2, 0.25) is 0 Å². The molecule has 1 fully saturated rings. The van der Waals surface area contributed by atoms with E-state index in [1.807, 2.05) is 37.2 Å². The van der Waals surface area contributed by atoms with Gasteiger partial charge >= 0.3 is 0 Å². The summed E-state index contributed by atoms with van der Waals surface area (Å²) in [4.78, 5) is 20.7. The van der Waals surface area contributed by atoms with Gasteiger partial charge in [0, 0.05) is 31.7 Å². The third-order valence-corrected chi connectivity index (χ3v) is 4.22. The lowest BCUT2D eigenvalue weighted by Crippen LogP contribution is -2.39. The van der Waals surface area contributed by atoms with Gasteiger partial charge < -0.3 is 14.5 Å². The molecule has 0 saturated carbocycles. The predicted octanol–water partition coefficient (Wildman–Crippen LogP) is 1.21. The fourth-order valence-electron chi connectivity index (χ4n) is 2.39. The van der Waals surface area contributed by atoms with Crippen molar-refractivity contribution in [3.63, 3.8) is 0 Å². The van der Waals surface area contributed by atoms with Crippen molar-refractivity contribution < 1.29 is 9.53 Å². The van der Waals surface area contributed by atoms with Crippen LogP contribution >= 0.6 is 11.8 Å². The largest absolute Gasteiger partial charge is 0.379 e. The molecule has 0 aromatic carbocycles. The number of nitrogens with zero attached hydrogens (tertiary/aromatic N) is 3. The highest BCUT2D eigenvalue weighted by molar-refractivity contribution is 7.99. The van der Waals surface area contributed by atoms with Crippen LogP contribution in [0.1, 0.15) is 0 Å². The average Bonchev–Trinajstić information content (AvgIpc) is 2.71. The number of aromatic nitrogens is 1. The van der Waals surface area contributed by atoms with Crippen LogP contribution in [0, 0.1) is 5.92 Å². The molecule has 116 valence electrons. The zero-order valence-corrected chi connectivity index (χ0v) is 13.5. The Hall–Kier alpha value is -1.11. The Morgan fingerprint density at radius 2 is 2.38 bits per heavy atom. The van der Waals surface area contributed by atoms with Crippen molar-refractivity contribution in [3.05, 3.63) is 24.4 Å². The standard InChI is InChI=1S/C15H23N3O2S/c1-17(2)9-13-10-18(7-8-20-11-13)15(19)12-21-14-5-3-4-6-16-14/h3-6,13H,7-12H2,1-2H3/t13-/m0/s1. The molecule has 0 spiro atoms. The highest BCUT2D eigenvalue weighted by Crippen LogP contribution is 2.16. The van der Waals surface area contributed by atoms with E-state index in [1.54, 1.807) is 6.20 Å². The quantitative estimate of drug-likeness (QED) is 0.765. The van der Waals surface area contributed by atoms with Crippen molar-refractivity contribution >= 4 is 17.7 Å². The minimum atomic E-state index is 0.167. The van der Waals surface area contributed by atoms with Crippen LogP contribution in [0.15, 0.2) is 29.4 Å². The molecule has 1 aromatic heterocycles. The first-order chi connectivity index (χ1) is 10.1. The number of carbonyl (C=O) groups is 1. The molecule has 0 bridgehead atoms. The van der Waals surface area contributed by atoms with Crippen molar-refractivity contribution in [2.75, 3.05) is 52.7 Å². The zero-order chi connectivity index (χ0) is 15.1. The smallest absolute Gasteiger partial charge is 0.233 e. The molecule has 0 radical (unpaired) electrons. The van der Waals surface area contributed by atoms with Crippen molar-refractivity contribution in [1.82, 2.24) is 14.8 Å². The van der Waals surface area contributed by atoms with E-state index in [9.17, 15) is 4.79 Å². The molecule has 5 nitrogen and oxygen atoms in total. The maximum atomic E-state index is 12.4. The molecular formula is C15H23N3O2S. The second-order valence-corrected chi connectivity index (χ2v) is 6.50. The van der Waals surface area contributed by atoms with Crippen LogP contribution < -0.4 is 0 Å². The van der Waals surface area contributed by atoms with E-state index in [1.165, 1.54) is 11.8 Å². The first-order valence-corrected chi connectivity index (χ1v) is 8.18. The average molecular weight is 309 g/mol. The molecule has 21 heavy (non-hydrogen) atoms. The summed E-state index contributed by atoms with van der Waals surface area (Å²) in [6.45, 7) is 3.77. The lowest BCUT2D eigenvalue weighted by molar-refractivity contribution is -0.128. The van der Waals surface area contributed by atoms with Gasteiger partial charge in [-0.1, -0.05) is 17.8 Å². The fourth-order valence-corrected chi connectivity index (χ4v) is 3.16. The third kappa shape index (κ3) is 5.65. The Bertz CT molecular complexity index is 442. The van der Waals surface area contributed by atoms with Crippen LogP contribution in [-0.2, 0) is 9.53 Å². The molecule has 1 aliphatic rings. The number of thioether (sulfide) groups is 1. The van der Waals surface area contributed by atoms with E-state index >= 15 is 0 Å². The molecular weight excluding hydrogens is 286 g/mol. The van der Waals surface area contributed by atoms with Gasteiger partial charge in [-0.05, 0) is 26.2 Å². The predicted molar refractivity (Wildman–Crippen MR) is 84.4 cm³/mol. The van der Waals surface area contributed by atoms with Crippen LogP contribution in [0.25, 0.3) is 0 Å². The molecule has 1 saturated heterocycles. The van der Waals surface area contributed by atoms with Crippen LogP contribution in [0.5, 0.6) is 0 Å². The van der Waals surface area contributed by atoms with Gasteiger partial charge in [-0.15, -0.1) is 0 Å². The summed E-state index contributed by atoms with van der Waals surface area (Å²) in [6.07, 6.45) is 1.75. The van der Waals surface area contributed by atoms with E-state index in [0.29, 0.717) is 24.8 Å². The minimum Gasteiger partial charge on any atom is -0.379 e. The Balaban J connectivity index is 1.85. The SMILES string of the molecule is CN(C)C[C@@H]1COCCN(C(=O)CSc2ccccn2)C1. The van der Waals surface area contributed by atoms with E-state index in [2.05, 4.69) is 9.88 Å². The highest BCUT2D eigenvalue weighted by Gasteiger charge is 2.22. The normalized spacial score (nSPS) is 19.6. The van der Waals surface area contributed by atoms with Crippen molar-refractivity contribution in [2.45, 2.75) is 5.03 Å². The van der Waals surface area contributed by atoms with Gasteiger partial charge in [0.25, 0.3) is 0 Å². The summed E-state index contributed by atoms with van der Waals surface area (Å²) in [6, 6.07) is 5.74. The fraction of sp³-hybridized carbons (Fsp3) is 0.600. The maximum Gasteiger partial charge on any atom is 0.233 e. The molecule has 2 rings (SSSR count). The van der Waals surface area contributed by atoms with E-state index in [-0.39, 0.29) is 5.91 Å². The zero-order valence-electron chi connectivity index (χ0n) is 12.7. The summed E-state index contributed by atoms with van der Waals surface area (Å²) in [5.74, 6) is 0.984. The maximum absolute atomic E-state index is 12.4. The van der Waals surface area contributed by atoms with Gasteiger partial charge in [0.05, 0.1) is 24.0 Å². The van der Waals surface area contributed by atoms with Gasteiger partial charge in [-0.2, -0.15) is 0 Å². The van der Waals surface area contributed by atoms with Crippen LogP contribution in [0.4, 0.5) is 0 Å². The lowest BCUT2D eigenvalue weighted by Gasteiger charge is -2.25. The summed E-state index contributed by atoms with van der Waals surface area (Å²) >= 11 is 1.49. The Labute approximate surface area is 130 Å². The first kappa shape index (κ1) is 16.3. The molecule has 0 N–H and O–H groups in total. The number of hydrogen-bond donors (Lipinski definition) is 0. The lowest BCUT2D eigenvalue weighted by atomic mass is 10.1. The summed E-state index contributed by atoms with van der Waals surface area (Å²) in [5.41, 5.74) is 0. The second kappa shape index (κ2) is 8.36. The molecule has 1 aromatic rings. The van der Waals surface area contributed by atoms with Gasteiger partial charge in [-0.25, -0.2) is 4.98 Å². The van der Waals surface area contributed by atoms with Crippen LogP contribution in [-0.4, -0.2) is 73.4 Å². The number of rotatable bonds is 5. The first-order valence-electron chi connectivity index (χ1n) is 7.19. The summed E-state index contributed by atoms with van der Waals surface area (Å²) in [7, 11) is 4.10. The second-order valence-electron chi connectivity index (χ2n) is 5.50. The van der Waals surface area contributed by atoms with Crippen molar-refractivity contribution in [1.29, 1.82) is 0 Å². The molecule has 1 aliphatic heterocycles. The van der Waals surface area contributed by atoms with E-state index < -0.39 is 0 Å². The molecule has 1 amide bonds. The molecule has 6 heteroatoms. The van der Waals surface area contributed by atoms with E-state index in [4.69, 9.17) is 4.74 Å². The Kier molecular flexibility index (Phi) is 6.48.